The Morgan fingerprint density at radius 1 is 1.12 bits per heavy atom. The van der Waals surface area contributed by atoms with E-state index < -0.39 is 10.0 Å². The van der Waals surface area contributed by atoms with Crippen LogP contribution in [-0.4, -0.2) is 24.9 Å². The first-order valence-electron chi connectivity index (χ1n) is 7.65. The summed E-state index contributed by atoms with van der Waals surface area (Å²) < 4.78 is 26.4. The Hall–Kier alpha value is -1.81. The summed E-state index contributed by atoms with van der Waals surface area (Å²) in [5, 5.41) is 6.97. The number of nitrogens with zero attached hydrogens (tertiary/aromatic N) is 2. The van der Waals surface area contributed by atoms with Gasteiger partial charge in [0.25, 0.3) is 0 Å². The zero-order valence-electron chi connectivity index (χ0n) is 14.0. The highest BCUT2D eigenvalue weighted by Gasteiger charge is 2.13. The third-order valence-corrected chi connectivity index (χ3v) is 6.81. The van der Waals surface area contributed by atoms with Gasteiger partial charge >= 0.3 is 0 Å². The highest BCUT2D eigenvalue weighted by Crippen LogP contribution is 2.33. The fourth-order valence-corrected chi connectivity index (χ4v) is 5.04. The normalized spacial score (nSPS) is 11.6. The molecule has 0 saturated carbocycles. The van der Waals surface area contributed by atoms with Crippen molar-refractivity contribution in [1.82, 2.24) is 14.7 Å². The van der Waals surface area contributed by atoms with E-state index in [-0.39, 0.29) is 4.90 Å². The maximum Gasteiger partial charge on any atom is 0.240 e. The number of anilines is 2. The average molecular weight is 395 g/mol. The number of sulfonamides is 1. The molecule has 0 spiro atoms. The molecule has 2 heterocycles. The molecule has 0 aliphatic heterocycles. The van der Waals surface area contributed by atoms with Crippen molar-refractivity contribution in [3.8, 4) is 10.6 Å². The second-order valence-corrected chi connectivity index (χ2v) is 9.16. The van der Waals surface area contributed by atoms with Crippen LogP contribution in [0.3, 0.4) is 0 Å². The van der Waals surface area contributed by atoms with Crippen LogP contribution in [0.15, 0.2) is 34.5 Å². The van der Waals surface area contributed by atoms with Gasteiger partial charge < -0.3 is 5.32 Å². The van der Waals surface area contributed by atoms with Crippen LogP contribution < -0.4 is 10.0 Å². The number of rotatable bonds is 6. The molecule has 0 aliphatic rings. The first kappa shape index (κ1) is 18.0. The molecular weight excluding hydrogens is 376 g/mol. The van der Waals surface area contributed by atoms with Crippen molar-refractivity contribution in [1.29, 1.82) is 0 Å². The largest absolute Gasteiger partial charge is 0.332 e. The van der Waals surface area contributed by atoms with E-state index in [1.54, 1.807) is 42.5 Å². The van der Waals surface area contributed by atoms with E-state index in [1.165, 1.54) is 11.3 Å². The zero-order valence-corrected chi connectivity index (χ0v) is 16.5. The number of hydrogen-bond acceptors (Lipinski definition) is 7. The summed E-state index contributed by atoms with van der Waals surface area (Å²) >= 11 is 3.13. The van der Waals surface area contributed by atoms with E-state index in [0.29, 0.717) is 6.54 Å². The number of aryl methyl sites for hydroxylation is 2. The predicted molar refractivity (Wildman–Crippen MR) is 103 cm³/mol. The lowest BCUT2D eigenvalue weighted by molar-refractivity contribution is 0.584. The van der Waals surface area contributed by atoms with Crippen molar-refractivity contribution in [2.45, 2.75) is 25.7 Å². The molecule has 3 rings (SSSR count). The Morgan fingerprint density at radius 3 is 2.44 bits per heavy atom. The monoisotopic (exact) mass is 394 g/mol. The second-order valence-electron chi connectivity index (χ2n) is 5.34. The SMILES string of the molecule is CCNS(=O)(=O)c1ccc(Nc2nc(-c3sc(C)nc3C)cs2)cc1. The van der Waals surface area contributed by atoms with Gasteiger partial charge in [-0.15, -0.1) is 22.7 Å². The van der Waals surface area contributed by atoms with Crippen molar-refractivity contribution >= 4 is 43.5 Å². The standard InChI is InChI=1S/C16H18N4O2S3/c1-4-17-25(21,22)13-7-5-12(6-8-13)19-16-20-14(9-23-16)15-10(2)18-11(3)24-15/h5-9,17H,4H2,1-3H3,(H,19,20). The minimum absolute atomic E-state index is 0.246. The molecule has 132 valence electrons. The smallest absolute Gasteiger partial charge is 0.240 e. The van der Waals surface area contributed by atoms with E-state index in [4.69, 9.17) is 0 Å². The van der Waals surface area contributed by atoms with E-state index in [9.17, 15) is 8.42 Å². The molecule has 0 saturated heterocycles. The van der Waals surface area contributed by atoms with Gasteiger partial charge in [0.05, 0.1) is 26.2 Å². The summed E-state index contributed by atoms with van der Waals surface area (Å²) in [6.45, 7) is 6.07. The van der Waals surface area contributed by atoms with Gasteiger partial charge in [0.2, 0.25) is 10.0 Å². The zero-order chi connectivity index (χ0) is 18.0. The molecule has 0 fully saturated rings. The first-order valence-corrected chi connectivity index (χ1v) is 10.8. The van der Waals surface area contributed by atoms with Gasteiger partial charge in [0, 0.05) is 17.6 Å². The molecule has 6 nitrogen and oxygen atoms in total. The van der Waals surface area contributed by atoms with Gasteiger partial charge in [-0.3, -0.25) is 0 Å². The Bertz CT molecular complexity index is 975. The summed E-state index contributed by atoms with van der Waals surface area (Å²) in [4.78, 5) is 10.3. The van der Waals surface area contributed by atoms with Crippen LogP contribution in [0.2, 0.25) is 0 Å². The summed E-state index contributed by atoms with van der Waals surface area (Å²) in [6.07, 6.45) is 0. The van der Waals surface area contributed by atoms with Crippen LogP contribution >= 0.6 is 22.7 Å². The van der Waals surface area contributed by atoms with Gasteiger partial charge in [0.1, 0.15) is 0 Å². The highest BCUT2D eigenvalue weighted by molar-refractivity contribution is 7.89. The lowest BCUT2D eigenvalue weighted by Crippen LogP contribution is -2.22. The molecule has 0 unspecified atom stereocenters. The first-order chi connectivity index (χ1) is 11.9. The molecule has 0 aliphatic carbocycles. The molecule has 0 amide bonds. The average Bonchev–Trinajstić information content (AvgIpc) is 3.14. The molecule has 3 aromatic rings. The van der Waals surface area contributed by atoms with E-state index in [1.807, 2.05) is 19.2 Å². The van der Waals surface area contributed by atoms with Crippen LogP contribution in [0.4, 0.5) is 10.8 Å². The third-order valence-electron chi connectivity index (χ3n) is 3.39. The molecule has 0 bridgehead atoms. The quantitative estimate of drug-likeness (QED) is 0.662. The molecular formula is C16H18N4O2S3. The van der Waals surface area contributed by atoms with Crippen LogP contribution in [0, 0.1) is 13.8 Å². The van der Waals surface area contributed by atoms with Crippen LogP contribution in [0.25, 0.3) is 10.6 Å². The van der Waals surface area contributed by atoms with Crippen LogP contribution in [0.5, 0.6) is 0 Å². The number of thiazole rings is 2. The summed E-state index contributed by atoms with van der Waals surface area (Å²) in [5.41, 5.74) is 2.67. The van der Waals surface area contributed by atoms with Crippen molar-refractivity contribution in [2.75, 3.05) is 11.9 Å². The molecule has 0 atom stereocenters. The molecule has 2 aromatic heterocycles. The van der Waals surface area contributed by atoms with Crippen molar-refractivity contribution < 1.29 is 8.42 Å². The Kier molecular flexibility index (Phi) is 5.19. The summed E-state index contributed by atoms with van der Waals surface area (Å²) in [7, 11) is -3.43. The van der Waals surface area contributed by atoms with E-state index in [2.05, 4.69) is 20.0 Å². The second kappa shape index (κ2) is 7.20. The van der Waals surface area contributed by atoms with Crippen molar-refractivity contribution in [3.63, 3.8) is 0 Å². The maximum absolute atomic E-state index is 11.9. The predicted octanol–water partition coefficient (Wildman–Crippen LogP) is 3.93. The van der Waals surface area contributed by atoms with Gasteiger partial charge in [-0.05, 0) is 38.1 Å². The Morgan fingerprint density at radius 2 is 1.84 bits per heavy atom. The number of benzene rings is 1. The number of aromatic nitrogens is 2. The molecule has 2 N–H and O–H groups in total. The Labute approximate surface area is 155 Å². The third kappa shape index (κ3) is 4.06. The highest BCUT2D eigenvalue weighted by atomic mass is 32.2. The van der Waals surface area contributed by atoms with Crippen molar-refractivity contribution in [3.05, 3.63) is 40.3 Å². The van der Waals surface area contributed by atoms with E-state index >= 15 is 0 Å². The minimum atomic E-state index is -3.43. The minimum Gasteiger partial charge on any atom is -0.332 e. The topological polar surface area (TPSA) is 84.0 Å². The van der Waals surface area contributed by atoms with Crippen LogP contribution in [0.1, 0.15) is 17.6 Å². The number of nitrogens with one attached hydrogen (secondary N) is 2. The molecule has 9 heteroatoms. The lowest BCUT2D eigenvalue weighted by Gasteiger charge is -2.06. The van der Waals surface area contributed by atoms with Gasteiger partial charge in [-0.2, -0.15) is 0 Å². The summed E-state index contributed by atoms with van der Waals surface area (Å²) in [5.74, 6) is 0. The van der Waals surface area contributed by atoms with E-state index in [0.717, 1.165) is 32.1 Å². The summed E-state index contributed by atoms with van der Waals surface area (Å²) in [6, 6.07) is 6.61. The number of hydrogen-bond donors (Lipinski definition) is 2. The molecule has 25 heavy (non-hydrogen) atoms. The van der Waals surface area contributed by atoms with Crippen molar-refractivity contribution in [2.24, 2.45) is 0 Å². The van der Waals surface area contributed by atoms with Gasteiger partial charge in [-0.1, -0.05) is 6.92 Å². The van der Waals surface area contributed by atoms with Gasteiger partial charge in [0.15, 0.2) is 5.13 Å². The lowest BCUT2D eigenvalue weighted by atomic mass is 10.3. The molecule has 1 aromatic carbocycles. The fraction of sp³-hybridized carbons (Fsp3) is 0.250. The Balaban J connectivity index is 1.76. The fourth-order valence-electron chi connectivity index (χ4n) is 2.32. The molecule has 0 radical (unpaired) electrons. The van der Waals surface area contributed by atoms with Crippen LogP contribution in [-0.2, 0) is 10.0 Å². The van der Waals surface area contributed by atoms with Gasteiger partial charge in [-0.25, -0.2) is 23.1 Å². The maximum atomic E-state index is 11.9.